The maximum atomic E-state index is 11.4. The molecule has 1 N–H and O–H groups in total. The van der Waals surface area contributed by atoms with E-state index in [0.29, 0.717) is 23.3 Å². The highest BCUT2D eigenvalue weighted by Gasteiger charge is 2.43. The van der Waals surface area contributed by atoms with Crippen molar-refractivity contribution in [3.63, 3.8) is 0 Å². The highest BCUT2D eigenvalue weighted by atomic mass is 32.2. The molecule has 0 bridgehead atoms. The van der Waals surface area contributed by atoms with Crippen LogP contribution in [0.1, 0.15) is 19.3 Å². The first-order valence-electron chi connectivity index (χ1n) is 6.05. The van der Waals surface area contributed by atoms with Crippen LogP contribution in [0.5, 0.6) is 0 Å². The topological polar surface area (TPSA) is 46.2 Å². The van der Waals surface area contributed by atoms with E-state index in [1.165, 1.54) is 25.9 Å². The molecule has 3 fully saturated rings. The number of fused-ring (bicyclic) bond motifs is 1. The lowest BCUT2D eigenvalue weighted by Crippen LogP contribution is -2.18. The summed E-state index contributed by atoms with van der Waals surface area (Å²) in [7, 11) is -2.67. The summed E-state index contributed by atoms with van der Waals surface area (Å²) in [6.07, 6.45) is 3.48. The molecule has 0 radical (unpaired) electrons. The average Bonchev–Trinajstić information content (AvgIpc) is 2.75. The van der Waals surface area contributed by atoms with Crippen molar-refractivity contribution in [3.8, 4) is 0 Å². The van der Waals surface area contributed by atoms with E-state index in [9.17, 15) is 8.42 Å². The maximum Gasteiger partial charge on any atom is 0.150 e. The number of hydrogen-bond donors (Lipinski definition) is 1. The zero-order valence-corrected chi connectivity index (χ0v) is 9.80. The third-order valence-electron chi connectivity index (χ3n) is 4.63. The van der Waals surface area contributed by atoms with Gasteiger partial charge in [-0.05, 0) is 56.0 Å². The Hall–Kier alpha value is -0.0900. The Labute approximate surface area is 91.5 Å². The summed E-state index contributed by atoms with van der Waals surface area (Å²) >= 11 is 0. The van der Waals surface area contributed by atoms with Crippen molar-refractivity contribution in [2.45, 2.75) is 19.3 Å². The SMILES string of the molecule is O=S1(=O)CCC(C2CC3CNCC3C2)C1. The third-order valence-corrected chi connectivity index (χ3v) is 6.42. The van der Waals surface area contributed by atoms with Gasteiger partial charge in [-0.15, -0.1) is 0 Å². The molecule has 2 aliphatic heterocycles. The minimum absolute atomic E-state index is 0.446. The van der Waals surface area contributed by atoms with Crippen LogP contribution in [0.2, 0.25) is 0 Å². The van der Waals surface area contributed by atoms with Gasteiger partial charge in [-0.25, -0.2) is 8.42 Å². The Bertz CT molecular complexity index is 340. The monoisotopic (exact) mass is 229 g/mol. The molecule has 0 aromatic heterocycles. The standard InChI is InChI=1S/C11H19NO2S/c13-15(14)2-1-8(7-15)9-3-10-5-12-6-11(10)4-9/h8-12H,1-7H2. The second-order valence-corrected chi connectivity index (χ2v) is 7.80. The van der Waals surface area contributed by atoms with Crippen LogP contribution in [-0.4, -0.2) is 33.0 Å². The van der Waals surface area contributed by atoms with Crippen molar-refractivity contribution < 1.29 is 8.42 Å². The van der Waals surface area contributed by atoms with E-state index >= 15 is 0 Å². The highest BCUT2D eigenvalue weighted by Crippen LogP contribution is 2.44. The molecule has 3 aliphatic rings. The van der Waals surface area contributed by atoms with Gasteiger partial charge in [0.25, 0.3) is 0 Å². The van der Waals surface area contributed by atoms with Crippen LogP contribution in [0.25, 0.3) is 0 Å². The van der Waals surface area contributed by atoms with E-state index in [1.54, 1.807) is 0 Å². The zero-order valence-electron chi connectivity index (χ0n) is 8.98. The van der Waals surface area contributed by atoms with Crippen LogP contribution in [0.4, 0.5) is 0 Å². The van der Waals surface area contributed by atoms with Crippen molar-refractivity contribution in [3.05, 3.63) is 0 Å². The molecule has 0 amide bonds. The zero-order chi connectivity index (χ0) is 10.5. The molecule has 2 saturated heterocycles. The van der Waals surface area contributed by atoms with Crippen LogP contribution < -0.4 is 5.32 Å². The molecule has 0 aromatic rings. The van der Waals surface area contributed by atoms with Crippen LogP contribution in [0.15, 0.2) is 0 Å². The Morgan fingerprint density at radius 2 is 1.60 bits per heavy atom. The molecule has 3 rings (SSSR count). The fourth-order valence-electron chi connectivity index (χ4n) is 3.79. The van der Waals surface area contributed by atoms with Crippen molar-refractivity contribution in [2.24, 2.45) is 23.7 Å². The molecule has 0 aromatic carbocycles. The molecule has 1 aliphatic carbocycles. The molecule has 3 atom stereocenters. The summed E-state index contributed by atoms with van der Waals surface area (Å²) in [4.78, 5) is 0. The van der Waals surface area contributed by atoms with E-state index in [0.717, 1.165) is 18.3 Å². The van der Waals surface area contributed by atoms with E-state index < -0.39 is 9.84 Å². The lowest BCUT2D eigenvalue weighted by molar-refractivity contribution is 0.350. The Balaban J connectivity index is 1.66. The molecular formula is C11H19NO2S. The molecule has 2 heterocycles. The number of nitrogens with one attached hydrogen (secondary N) is 1. The maximum absolute atomic E-state index is 11.4. The molecule has 4 heteroatoms. The van der Waals surface area contributed by atoms with Crippen molar-refractivity contribution in [1.82, 2.24) is 5.32 Å². The molecule has 1 saturated carbocycles. The van der Waals surface area contributed by atoms with Crippen molar-refractivity contribution >= 4 is 9.84 Å². The van der Waals surface area contributed by atoms with Gasteiger partial charge >= 0.3 is 0 Å². The molecule has 3 nitrogen and oxygen atoms in total. The molecule has 86 valence electrons. The van der Waals surface area contributed by atoms with Gasteiger partial charge in [-0.2, -0.15) is 0 Å². The first-order valence-corrected chi connectivity index (χ1v) is 7.87. The van der Waals surface area contributed by atoms with Gasteiger partial charge in [0, 0.05) is 0 Å². The normalized spacial score (nSPS) is 48.3. The fourth-order valence-corrected chi connectivity index (χ4v) is 5.71. The summed E-state index contributed by atoms with van der Waals surface area (Å²) in [5, 5.41) is 3.43. The number of rotatable bonds is 1. The summed E-state index contributed by atoms with van der Waals surface area (Å²) in [5.41, 5.74) is 0. The van der Waals surface area contributed by atoms with E-state index in [-0.39, 0.29) is 0 Å². The first-order chi connectivity index (χ1) is 7.14. The second-order valence-electron chi connectivity index (χ2n) is 5.57. The molecular weight excluding hydrogens is 210 g/mol. The van der Waals surface area contributed by atoms with Crippen LogP contribution in [0.3, 0.4) is 0 Å². The number of sulfone groups is 1. The van der Waals surface area contributed by atoms with E-state index in [2.05, 4.69) is 5.32 Å². The predicted molar refractivity (Wildman–Crippen MR) is 59.3 cm³/mol. The van der Waals surface area contributed by atoms with Gasteiger partial charge in [0.15, 0.2) is 9.84 Å². The molecule has 3 unspecified atom stereocenters. The Morgan fingerprint density at radius 1 is 0.933 bits per heavy atom. The third kappa shape index (κ3) is 1.82. The second kappa shape index (κ2) is 3.45. The summed E-state index contributed by atoms with van der Waals surface area (Å²) in [6, 6.07) is 0. The van der Waals surface area contributed by atoms with E-state index in [1.807, 2.05) is 0 Å². The molecule has 15 heavy (non-hydrogen) atoms. The lowest BCUT2D eigenvalue weighted by atomic mass is 9.89. The van der Waals surface area contributed by atoms with Crippen molar-refractivity contribution in [1.29, 1.82) is 0 Å². The highest BCUT2D eigenvalue weighted by molar-refractivity contribution is 7.91. The van der Waals surface area contributed by atoms with Gasteiger partial charge in [-0.1, -0.05) is 0 Å². The minimum atomic E-state index is -2.67. The van der Waals surface area contributed by atoms with Gasteiger partial charge in [0.2, 0.25) is 0 Å². The molecule has 0 spiro atoms. The van der Waals surface area contributed by atoms with Gasteiger partial charge in [0.1, 0.15) is 0 Å². The largest absolute Gasteiger partial charge is 0.316 e. The fraction of sp³-hybridized carbons (Fsp3) is 1.00. The van der Waals surface area contributed by atoms with Crippen LogP contribution >= 0.6 is 0 Å². The van der Waals surface area contributed by atoms with Crippen LogP contribution in [-0.2, 0) is 9.84 Å². The lowest BCUT2D eigenvalue weighted by Gasteiger charge is -2.17. The quantitative estimate of drug-likeness (QED) is 0.719. The van der Waals surface area contributed by atoms with Crippen molar-refractivity contribution in [2.75, 3.05) is 24.6 Å². The summed E-state index contributed by atoms with van der Waals surface area (Å²) in [5.74, 6) is 3.81. The minimum Gasteiger partial charge on any atom is -0.316 e. The Morgan fingerprint density at radius 3 is 2.13 bits per heavy atom. The first kappa shape index (κ1) is 10.1. The Kier molecular flexibility index (Phi) is 2.32. The van der Waals surface area contributed by atoms with Gasteiger partial charge < -0.3 is 5.32 Å². The van der Waals surface area contributed by atoms with Gasteiger partial charge in [0.05, 0.1) is 11.5 Å². The smallest absolute Gasteiger partial charge is 0.150 e. The van der Waals surface area contributed by atoms with Crippen LogP contribution in [0, 0.1) is 23.7 Å². The average molecular weight is 229 g/mol. The number of hydrogen-bond acceptors (Lipinski definition) is 3. The van der Waals surface area contributed by atoms with E-state index in [4.69, 9.17) is 0 Å². The summed E-state index contributed by atoms with van der Waals surface area (Å²) < 4.78 is 22.9. The van der Waals surface area contributed by atoms with Gasteiger partial charge in [-0.3, -0.25) is 0 Å². The summed E-state index contributed by atoms with van der Waals surface area (Å²) in [6.45, 7) is 2.33. The predicted octanol–water partition coefficient (Wildman–Crippen LogP) is 0.667.